The minimum absolute atomic E-state index is 0.161. The van der Waals surface area contributed by atoms with Gasteiger partial charge in [-0.25, -0.2) is 9.18 Å². The van der Waals surface area contributed by atoms with Gasteiger partial charge in [0.2, 0.25) is 0 Å². The molecule has 0 aromatic heterocycles. The third-order valence-electron chi connectivity index (χ3n) is 1.73. The largest absolute Gasteiger partial charge is 0.478 e. The van der Waals surface area contributed by atoms with E-state index in [2.05, 4.69) is 0 Å². The molecule has 0 heterocycles. The molecule has 0 radical (unpaired) electrons. The smallest absolute Gasteiger partial charge is 0.333 e. The third kappa shape index (κ3) is 4.11. The summed E-state index contributed by atoms with van der Waals surface area (Å²) in [6.07, 6.45) is 2.94. The first kappa shape index (κ1) is 11.1. The summed E-state index contributed by atoms with van der Waals surface area (Å²) in [5.41, 5.74) is -0.161. The van der Waals surface area contributed by atoms with Crippen molar-refractivity contribution in [2.45, 2.75) is 39.5 Å². The molecule has 0 aliphatic rings. The highest BCUT2D eigenvalue weighted by molar-refractivity contribution is 5.86. The summed E-state index contributed by atoms with van der Waals surface area (Å²) in [6, 6.07) is 0. The molecule has 3 heteroatoms. The fourth-order valence-electron chi connectivity index (χ4n) is 0.834. The van der Waals surface area contributed by atoms with Gasteiger partial charge >= 0.3 is 5.97 Å². The maximum Gasteiger partial charge on any atom is 0.333 e. The molecule has 0 fully saturated rings. The molecule has 0 aromatic carbocycles. The highest BCUT2D eigenvalue weighted by Crippen LogP contribution is 2.14. The van der Waals surface area contributed by atoms with E-state index in [0.29, 0.717) is 0 Å². The van der Waals surface area contributed by atoms with Gasteiger partial charge in [-0.15, -0.1) is 0 Å². The van der Waals surface area contributed by atoms with Gasteiger partial charge in [0.15, 0.2) is 0 Å². The van der Waals surface area contributed by atoms with Crippen molar-refractivity contribution in [3.63, 3.8) is 0 Å². The first-order valence-electron chi connectivity index (χ1n) is 4.18. The van der Waals surface area contributed by atoms with Crippen LogP contribution in [-0.4, -0.2) is 11.1 Å². The number of carboxylic acid groups (broad SMARTS) is 1. The monoisotopic (exact) mass is 174 g/mol. The summed E-state index contributed by atoms with van der Waals surface area (Å²) < 4.78 is 12.9. The minimum Gasteiger partial charge on any atom is -0.478 e. The summed E-state index contributed by atoms with van der Waals surface area (Å²) in [6.45, 7) is 3.31. The van der Waals surface area contributed by atoms with Crippen LogP contribution in [0.25, 0.3) is 0 Å². The second kappa shape index (κ2) is 5.75. The van der Waals surface area contributed by atoms with Crippen molar-refractivity contribution in [3.8, 4) is 0 Å². The molecule has 0 aromatic rings. The van der Waals surface area contributed by atoms with Crippen LogP contribution in [0.2, 0.25) is 0 Å². The molecule has 2 nitrogen and oxygen atoms in total. The quantitative estimate of drug-likeness (QED) is 0.514. The summed E-state index contributed by atoms with van der Waals surface area (Å²) in [5.74, 6) is -1.65. The zero-order valence-corrected chi connectivity index (χ0v) is 7.56. The number of allylic oxidation sites excluding steroid dienone is 1. The Hall–Kier alpha value is -0.860. The van der Waals surface area contributed by atoms with Gasteiger partial charge in [0.1, 0.15) is 5.83 Å². The Morgan fingerprint density at radius 1 is 1.42 bits per heavy atom. The molecule has 0 aliphatic heterocycles. The molecule has 12 heavy (non-hydrogen) atoms. The Morgan fingerprint density at radius 2 is 2.00 bits per heavy atom. The highest BCUT2D eigenvalue weighted by Gasteiger charge is 2.07. The lowest BCUT2D eigenvalue weighted by Gasteiger charge is -1.98. The van der Waals surface area contributed by atoms with Gasteiger partial charge in [0, 0.05) is 0 Å². The Kier molecular flexibility index (Phi) is 5.34. The molecule has 0 aliphatic carbocycles. The van der Waals surface area contributed by atoms with Gasteiger partial charge in [-0.1, -0.05) is 19.8 Å². The zero-order chi connectivity index (χ0) is 9.56. The number of carboxylic acids is 1. The number of hydrogen-bond acceptors (Lipinski definition) is 1. The van der Waals surface area contributed by atoms with Gasteiger partial charge < -0.3 is 5.11 Å². The van der Waals surface area contributed by atoms with E-state index in [-0.39, 0.29) is 12.0 Å². The van der Waals surface area contributed by atoms with Crippen LogP contribution >= 0.6 is 0 Å². The fourth-order valence-corrected chi connectivity index (χ4v) is 0.834. The number of unbranched alkanes of at least 4 members (excludes halogenated alkanes) is 2. The number of halogens is 1. The molecule has 0 rings (SSSR count). The van der Waals surface area contributed by atoms with Crippen LogP contribution in [0.4, 0.5) is 4.39 Å². The van der Waals surface area contributed by atoms with Gasteiger partial charge in [-0.2, -0.15) is 0 Å². The third-order valence-corrected chi connectivity index (χ3v) is 1.73. The number of hydrogen-bond donors (Lipinski definition) is 1. The predicted octanol–water partition coefficient (Wildman–Crippen LogP) is 2.89. The van der Waals surface area contributed by atoms with Crippen molar-refractivity contribution >= 4 is 5.97 Å². The van der Waals surface area contributed by atoms with Gasteiger partial charge in [-0.3, -0.25) is 0 Å². The summed E-state index contributed by atoms with van der Waals surface area (Å²) >= 11 is 0. The summed E-state index contributed by atoms with van der Waals surface area (Å²) in [7, 11) is 0. The van der Waals surface area contributed by atoms with Gasteiger partial charge in [0.25, 0.3) is 0 Å². The van der Waals surface area contributed by atoms with Crippen molar-refractivity contribution in [3.05, 3.63) is 11.4 Å². The molecular weight excluding hydrogens is 159 g/mol. The van der Waals surface area contributed by atoms with E-state index in [1.54, 1.807) is 0 Å². The SMILES string of the molecule is CCCCCC(F)=C(C)C(=O)O. The van der Waals surface area contributed by atoms with Crippen LogP contribution in [0.3, 0.4) is 0 Å². The van der Waals surface area contributed by atoms with Crippen molar-refractivity contribution in [2.75, 3.05) is 0 Å². The molecule has 0 saturated carbocycles. The lowest BCUT2D eigenvalue weighted by molar-refractivity contribution is -0.132. The van der Waals surface area contributed by atoms with Gasteiger partial charge in [-0.05, 0) is 19.8 Å². The average Bonchev–Trinajstić information content (AvgIpc) is 2.03. The van der Waals surface area contributed by atoms with E-state index < -0.39 is 11.8 Å². The van der Waals surface area contributed by atoms with Crippen molar-refractivity contribution < 1.29 is 14.3 Å². The molecule has 0 saturated heterocycles. The molecule has 1 N–H and O–H groups in total. The topological polar surface area (TPSA) is 37.3 Å². The van der Waals surface area contributed by atoms with Crippen LogP contribution in [-0.2, 0) is 4.79 Å². The molecule has 0 atom stereocenters. The maximum atomic E-state index is 12.9. The first-order valence-corrected chi connectivity index (χ1v) is 4.18. The highest BCUT2D eigenvalue weighted by atomic mass is 19.1. The van der Waals surface area contributed by atoms with Crippen LogP contribution in [0.1, 0.15) is 39.5 Å². The Balaban J connectivity index is 3.91. The summed E-state index contributed by atoms with van der Waals surface area (Å²) in [5, 5.41) is 8.41. The predicted molar refractivity (Wildman–Crippen MR) is 45.6 cm³/mol. The van der Waals surface area contributed by atoms with Crippen molar-refractivity contribution in [1.29, 1.82) is 0 Å². The van der Waals surface area contributed by atoms with E-state index >= 15 is 0 Å². The minimum atomic E-state index is -1.16. The lowest BCUT2D eigenvalue weighted by Crippen LogP contribution is -1.98. The molecule has 0 spiro atoms. The van der Waals surface area contributed by atoms with Gasteiger partial charge in [0.05, 0.1) is 5.57 Å². The zero-order valence-electron chi connectivity index (χ0n) is 7.56. The molecular formula is C9H15FO2. The molecule has 0 unspecified atom stereocenters. The average molecular weight is 174 g/mol. The van der Waals surface area contributed by atoms with E-state index in [4.69, 9.17) is 5.11 Å². The van der Waals surface area contributed by atoms with Crippen LogP contribution in [0, 0.1) is 0 Å². The normalized spacial score (nSPS) is 12.6. The fraction of sp³-hybridized carbons (Fsp3) is 0.667. The van der Waals surface area contributed by atoms with Crippen molar-refractivity contribution in [2.24, 2.45) is 0 Å². The van der Waals surface area contributed by atoms with Crippen LogP contribution < -0.4 is 0 Å². The Labute approximate surface area is 72.1 Å². The Bertz CT molecular complexity index is 185. The Morgan fingerprint density at radius 3 is 2.42 bits per heavy atom. The first-order chi connectivity index (χ1) is 5.59. The van der Waals surface area contributed by atoms with Crippen LogP contribution in [0.15, 0.2) is 11.4 Å². The van der Waals surface area contributed by atoms with E-state index in [0.717, 1.165) is 19.3 Å². The van der Waals surface area contributed by atoms with E-state index in [9.17, 15) is 9.18 Å². The second-order valence-corrected chi connectivity index (χ2v) is 2.79. The number of carbonyl (C=O) groups is 1. The van der Waals surface area contributed by atoms with Crippen LogP contribution in [0.5, 0.6) is 0 Å². The standard InChI is InChI=1S/C9H15FO2/c1-3-4-5-6-8(10)7(2)9(11)12/h3-6H2,1-2H3,(H,11,12). The van der Waals surface area contributed by atoms with E-state index in [1.807, 2.05) is 6.92 Å². The lowest BCUT2D eigenvalue weighted by atomic mass is 10.1. The van der Waals surface area contributed by atoms with E-state index in [1.165, 1.54) is 6.92 Å². The second-order valence-electron chi connectivity index (χ2n) is 2.79. The molecule has 0 amide bonds. The molecule has 0 bridgehead atoms. The van der Waals surface area contributed by atoms with Crippen molar-refractivity contribution in [1.82, 2.24) is 0 Å². The molecule has 70 valence electrons. The number of aliphatic carboxylic acids is 1. The maximum absolute atomic E-state index is 12.9. The number of rotatable bonds is 5. The summed E-state index contributed by atoms with van der Waals surface area (Å²) in [4.78, 5) is 10.3.